The molecule has 2 unspecified atom stereocenters. The number of carbonyl (C=O) groups excluding carboxylic acids is 2. The van der Waals surface area contributed by atoms with Crippen molar-refractivity contribution in [2.24, 2.45) is 11.1 Å². The molecule has 38 heavy (non-hydrogen) atoms. The van der Waals surface area contributed by atoms with Gasteiger partial charge < -0.3 is 16.0 Å². The molecule has 1 aliphatic carbocycles. The lowest BCUT2D eigenvalue weighted by molar-refractivity contribution is -0.159. The van der Waals surface area contributed by atoms with Crippen molar-refractivity contribution in [3.05, 3.63) is 69.7 Å². The number of likely N-dealkylation sites (N-methyl/N-ethyl adjacent to an activating group) is 1. The van der Waals surface area contributed by atoms with Gasteiger partial charge in [0.05, 0.1) is 16.7 Å². The van der Waals surface area contributed by atoms with Gasteiger partial charge in [-0.25, -0.2) is 8.42 Å². The molecule has 0 radical (unpaired) electrons. The average molecular weight is 581 g/mol. The summed E-state index contributed by atoms with van der Waals surface area (Å²) in [6.07, 6.45) is 1.41. The lowest BCUT2D eigenvalue weighted by Gasteiger charge is -2.56. The van der Waals surface area contributed by atoms with Gasteiger partial charge in [0.1, 0.15) is 0 Å². The van der Waals surface area contributed by atoms with E-state index in [9.17, 15) is 18.0 Å². The molecular formula is C28H35Cl2N3O4S. The van der Waals surface area contributed by atoms with E-state index in [2.05, 4.69) is 5.32 Å². The van der Waals surface area contributed by atoms with Crippen LogP contribution in [0.4, 0.5) is 0 Å². The Labute approximate surface area is 235 Å². The molecule has 2 aliphatic rings. The fourth-order valence-electron chi connectivity index (χ4n) is 6.12. The van der Waals surface area contributed by atoms with Gasteiger partial charge in [-0.2, -0.15) is 0 Å². The smallest absolute Gasteiger partial charge is 0.230 e. The maximum absolute atomic E-state index is 14.6. The standard InChI is InChI=1S/C28H35Cl2N3O4S/c1-4-28(17-32-3,38(36,37)22-12-13-22)33-25(18-8-10-20(29)11-9-18)23(19-6-5-7-21(30)14-19)15-27(2,26(33)35)16-24(31)34/h5-11,14,22-23,25,32H,4,12-13,15-17H2,1-3H3,(H2,31,34)/t23-,25?,27-,28?/m1/s1. The van der Waals surface area contributed by atoms with E-state index in [1.54, 1.807) is 44.0 Å². The van der Waals surface area contributed by atoms with Gasteiger partial charge in [-0.05, 0) is 68.1 Å². The molecule has 1 saturated carbocycles. The summed E-state index contributed by atoms with van der Waals surface area (Å²) in [6.45, 7) is 3.57. The second-order valence-corrected chi connectivity index (χ2v) is 14.2. The van der Waals surface area contributed by atoms with Crippen LogP contribution in [0.5, 0.6) is 0 Å². The highest BCUT2D eigenvalue weighted by atomic mass is 35.5. The molecule has 4 atom stereocenters. The number of likely N-dealkylation sites (tertiary alicyclic amines) is 1. The number of amides is 2. The summed E-state index contributed by atoms with van der Waals surface area (Å²) >= 11 is 12.6. The Hall–Kier alpha value is -2.13. The van der Waals surface area contributed by atoms with E-state index in [4.69, 9.17) is 28.9 Å². The second kappa shape index (κ2) is 10.8. The van der Waals surface area contributed by atoms with Crippen molar-refractivity contribution in [1.29, 1.82) is 0 Å². The largest absolute Gasteiger partial charge is 0.370 e. The SMILES string of the molecule is CCC(CNC)(N1C(=O)[C@@](C)(CC(N)=O)C[C@H](c2cccc(Cl)c2)C1c1ccc(Cl)cc1)S(=O)(=O)C1CC1. The van der Waals surface area contributed by atoms with E-state index in [1.807, 2.05) is 30.3 Å². The van der Waals surface area contributed by atoms with Crippen molar-refractivity contribution >= 4 is 44.9 Å². The maximum atomic E-state index is 14.6. The zero-order chi connectivity index (χ0) is 27.9. The topological polar surface area (TPSA) is 110 Å². The molecular weight excluding hydrogens is 545 g/mol. The third-order valence-corrected chi connectivity index (χ3v) is 11.6. The quantitative estimate of drug-likeness (QED) is 0.418. The van der Waals surface area contributed by atoms with Crippen LogP contribution in [-0.2, 0) is 19.4 Å². The number of piperidine rings is 1. The van der Waals surface area contributed by atoms with Crippen molar-refractivity contribution in [3.63, 3.8) is 0 Å². The van der Waals surface area contributed by atoms with Crippen LogP contribution in [0.15, 0.2) is 48.5 Å². The minimum absolute atomic E-state index is 0.0487. The number of nitrogens with two attached hydrogens (primary N) is 1. The molecule has 3 N–H and O–H groups in total. The van der Waals surface area contributed by atoms with Crippen LogP contribution in [0, 0.1) is 5.41 Å². The van der Waals surface area contributed by atoms with E-state index in [-0.39, 0.29) is 25.3 Å². The molecule has 2 fully saturated rings. The number of hydrogen-bond acceptors (Lipinski definition) is 5. The van der Waals surface area contributed by atoms with E-state index in [0.717, 1.165) is 11.1 Å². The first kappa shape index (κ1) is 28.9. The Bertz CT molecular complexity index is 1320. The molecule has 2 aromatic carbocycles. The van der Waals surface area contributed by atoms with Gasteiger partial charge in [-0.15, -0.1) is 0 Å². The van der Waals surface area contributed by atoms with Crippen molar-refractivity contribution in [1.82, 2.24) is 10.2 Å². The molecule has 206 valence electrons. The summed E-state index contributed by atoms with van der Waals surface area (Å²) in [5.41, 5.74) is 6.05. The number of carbonyl (C=O) groups is 2. The molecule has 0 spiro atoms. The van der Waals surface area contributed by atoms with E-state index < -0.39 is 43.2 Å². The third-order valence-electron chi connectivity index (χ3n) is 8.05. The number of nitrogens with zero attached hydrogens (tertiary/aromatic N) is 1. The summed E-state index contributed by atoms with van der Waals surface area (Å²) in [5, 5.41) is 3.62. The fraction of sp³-hybridized carbons (Fsp3) is 0.500. The Morgan fingerprint density at radius 2 is 1.79 bits per heavy atom. The molecule has 10 heteroatoms. The second-order valence-electron chi connectivity index (χ2n) is 10.8. The first-order valence-electron chi connectivity index (χ1n) is 12.9. The summed E-state index contributed by atoms with van der Waals surface area (Å²) < 4.78 is 28.5. The minimum Gasteiger partial charge on any atom is -0.370 e. The number of hydrogen-bond donors (Lipinski definition) is 2. The van der Waals surface area contributed by atoms with E-state index >= 15 is 0 Å². The van der Waals surface area contributed by atoms with Gasteiger partial charge in [0.25, 0.3) is 0 Å². The number of halogens is 2. The number of nitrogens with one attached hydrogen (secondary N) is 1. The van der Waals surface area contributed by atoms with Crippen molar-refractivity contribution in [3.8, 4) is 0 Å². The van der Waals surface area contributed by atoms with Crippen LogP contribution in [0.2, 0.25) is 10.0 Å². The van der Waals surface area contributed by atoms with Gasteiger partial charge >= 0.3 is 0 Å². The Morgan fingerprint density at radius 1 is 1.13 bits per heavy atom. The number of rotatable bonds is 10. The highest BCUT2D eigenvalue weighted by molar-refractivity contribution is 7.93. The highest BCUT2D eigenvalue weighted by Crippen LogP contribution is 2.55. The van der Waals surface area contributed by atoms with E-state index in [0.29, 0.717) is 29.3 Å². The van der Waals surface area contributed by atoms with Crippen LogP contribution in [0.3, 0.4) is 0 Å². The maximum Gasteiger partial charge on any atom is 0.230 e. The van der Waals surface area contributed by atoms with Crippen LogP contribution >= 0.6 is 23.2 Å². The monoisotopic (exact) mass is 579 g/mol. The number of primary amides is 1. The summed E-state index contributed by atoms with van der Waals surface area (Å²) in [5.74, 6) is -1.37. The van der Waals surface area contributed by atoms with Gasteiger partial charge in [-0.1, -0.05) is 61.3 Å². The van der Waals surface area contributed by atoms with Gasteiger partial charge in [0.2, 0.25) is 11.8 Å². The van der Waals surface area contributed by atoms with Crippen molar-refractivity contribution in [2.75, 3.05) is 13.6 Å². The fourth-order valence-corrected chi connectivity index (χ4v) is 9.04. The first-order chi connectivity index (χ1) is 17.9. The third kappa shape index (κ3) is 5.08. The molecule has 0 aromatic heterocycles. The number of benzene rings is 2. The van der Waals surface area contributed by atoms with Crippen LogP contribution in [0.25, 0.3) is 0 Å². The Morgan fingerprint density at radius 3 is 2.32 bits per heavy atom. The first-order valence-corrected chi connectivity index (χ1v) is 15.2. The zero-order valence-corrected chi connectivity index (χ0v) is 24.2. The summed E-state index contributed by atoms with van der Waals surface area (Å²) in [4.78, 5) is 26.9. The summed E-state index contributed by atoms with van der Waals surface area (Å²) in [6, 6.07) is 13.9. The lowest BCUT2D eigenvalue weighted by atomic mass is 9.66. The average Bonchev–Trinajstić information content (AvgIpc) is 3.71. The molecule has 2 aromatic rings. The molecule has 1 heterocycles. The normalized spacial score (nSPS) is 25.7. The van der Waals surface area contributed by atoms with Crippen LogP contribution < -0.4 is 11.1 Å². The van der Waals surface area contributed by atoms with E-state index in [1.165, 1.54) is 0 Å². The van der Waals surface area contributed by atoms with Crippen LogP contribution in [0.1, 0.15) is 69.0 Å². The molecule has 0 bridgehead atoms. The molecule has 4 rings (SSSR count). The number of sulfone groups is 1. The molecule has 2 amide bonds. The summed E-state index contributed by atoms with van der Waals surface area (Å²) in [7, 11) is -2.11. The highest BCUT2D eigenvalue weighted by Gasteiger charge is 2.62. The van der Waals surface area contributed by atoms with Crippen LogP contribution in [-0.4, -0.2) is 48.8 Å². The molecule has 1 saturated heterocycles. The molecule has 1 aliphatic heterocycles. The Balaban J connectivity index is 2.05. The predicted octanol–water partition coefficient (Wildman–Crippen LogP) is 4.84. The lowest BCUT2D eigenvalue weighted by Crippen LogP contribution is -2.68. The zero-order valence-electron chi connectivity index (χ0n) is 21.9. The molecule has 7 nitrogen and oxygen atoms in total. The van der Waals surface area contributed by atoms with Crippen molar-refractivity contribution < 1.29 is 18.0 Å². The predicted molar refractivity (Wildman–Crippen MR) is 151 cm³/mol. The minimum atomic E-state index is -3.80. The van der Waals surface area contributed by atoms with Crippen molar-refractivity contribution in [2.45, 2.75) is 68.0 Å². The van der Waals surface area contributed by atoms with Gasteiger partial charge in [0, 0.05) is 28.9 Å². The Kier molecular flexibility index (Phi) is 8.20. The van der Waals surface area contributed by atoms with Gasteiger partial charge in [0.15, 0.2) is 14.7 Å². The van der Waals surface area contributed by atoms with Gasteiger partial charge in [-0.3, -0.25) is 9.59 Å².